The molecular weight excluding hydrogens is 451 g/mol. The number of fused-ring (bicyclic) bond motifs is 1. The fourth-order valence-electron chi connectivity index (χ4n) is 3.49. The highest BCUT2D eigenvalue weighted by Crippen LogP contribution is 2.36. The molecule has 34 heavy (non-hydrogen) atoms. The average molecular weight is 477 g/mol. The van der Waals surface area contributed by atoms with Crippen molar-refractivity contribution in [1.29, 1.82) is 0 Å². The first-order valence-electron chi connectivity index (χ1n) is 10.9. The second-order valence-corrected chi connectivity index (χ2v) is 8.13. The van der Waals surface area contributed by atoms with Crippen molar-refractivity contribution in [2.24, 2.45) is 0 Å². The number of aryl methyl sites for hydroxylation is 1. The van der Waals surface area contributed by atoms with Crippen LogP contribution in [-0.4, -0.2) is 41.4 Å². The Morgan fingerprint density at radius 3 is 2.53 bits per heavy atom. The number of alkyl halides is 3. The third-order valence-corrected chi connectivity index (χ3v) is 5.32. The Kier molecular flexibility index (Phi) is 6.65. The van der Waals surface area contributed by atoms with Crippen molar-refractivity contribution in [3.63, 3.8) is 0 Å². The summed E-state index contributed by atoms with van der Waals surface area (Å²) in [6.45, 7) is 4.26. The highest BCUT2D eigenvalue weighted by atomic mass is 19.4. The fourth-order valence-corrected chi connectivity index (χ4v) is 3.49. The molecule has 1 atom stereocenters. The molecule has 0 saturated heterocycles. The predicted octanol–water partition coefficient (Wildman–Crippen LogP) is 4.67. The summed E-state index contributed by atoms with van der Waals surface area (Å²) < 4.78 is 56.5. The highest BCUT2D eigenvalue weighted by molar-refractivity contribution is 5.92. The van der Waals surface area contributed by atoms with E-state index in [2.05, 4.69) is 20.3 Å². The van der Waals surface area contributed by atoms with Gasteiger partial charge < -0.3 is 25.3 Å². The highest BCUT2D eigenvalue weighted by Gasteiger charge is 2.33. The topological polar surface area (TPSA) is 104 Å². The summed E-state index contributed by atoms with van der Waals surface area (Å²) in [6.07, 6.45) is -2.11. The Hall–Kier alpha value is -3.34. The molecule has 4 rings (SSSR count). The molecule has 0 spiro atoms. The molecule has 1 aliphatic carbocycles. The van der Waals surface area contributed by atoms with E-state index in [1.807, 2.05) is 0 Å². The van der Waals surface area contributed by atoms with Crippen LogP contribution in [0.4, 0.5) is 24.8 Å². The number of anilines is 2. The van der Waals surface area contributed by atoms with Crippen LogP contribution in [0.3, 0.4) is 0 Å². The average Bonchev–Trinajstić information content (AvgIpc) is 3.59. The van der Waals surface area contributed by atoms with Crippen molar-refractivity contribution in [2.45, 2.75) is 45.0 Å². The lowest BCUT2D eigenvalue weighted by Gasteiger charge is -2.19. The minimum atomic E-state index is -4.60. The molecule has 0 amide bonds. The maximum absolute atomic E-state index is 13.2. The molecule has 0 radical (unpaired) electrons. The molecule has 2 aromatic heterocycles. The summed E-state index contributed by atoms with van der Waals surface area (Å²) in [5.41, 5.74) is 5.51. The summed E-state index contributed by atoms with van der Waals surface area (Å²) in [5.74, 6) is 1.72. The van der Waals surface area contributed by atoms with Crippen molar-refractivity contribution >= 4 is 22.5 Å². The lowest BCUT2D eigenvalue weighted by Crippen LogP contribution is -2.14. The summed E-state index contributed by atoms with van der Waals surface area (Å²) in [7, 11) is 1.54. The molecular formula is C23H26F3N5O3. The first-order chi connectivity index (χ1) is 16.1. The van der Waals surface area contributed by atoms with Gasteiger partial charge in [-0.15, -0.1) is 0 Å². The second-order valence-electron chi connectivity index (χ2n) is 8.13. The van der Waals surface area contributed by atoms with Gasteiger partial charge in [0.25, 0.3) is 0 Å². The van der Waals surface area contributed by atoms with Gasteiger partial charge in [-0.1, -0.05) is 0 Å². The van der Waals surface area contributed by atoms with Crippen LogP contribution in [0.2, 0.25) is 0 Å². The van der Waals surface area contributed by atoms with Gasteiger partial charge in [-0.3, -0.25) is 0 Å². The third kappa shape index (κ3) is 5.58. The molecule has 1 unspecified atom stereocenters. The van der Waals surface area contributed by atoms with Crippen molar-refractivity contribution in [3.05, 3.63) is 41.3 Å². The quantitative estimate of drug-likeness (QED) is 0.429. The zero-order chi connectivity index (χ0) is 24.5. The van der Waals surface area contributed by atoms with Crippen LogP contribution in [0.25, 0.3) is 10.9 Å². The van der Waals surface area contributed by atoms with Crippen LogP contribution in [-0.2, 0) is 10.9 Å². The van der Waals surface area contributed by atoms with Gasteiger partial charge in [0.15, 0.2) is 11.5 Å². The normalized spacial score (nSPS) is 14.8. The summed E-state index contributed by atoms with van der Waals surface area (Å²) >= 11 is 0. The number of nitrogens with two attached hydrogens (primary N) is 1. The van der Waals surface area contributed by atoms with Crippen molar-refractivity contribution in [3.8, 4) is 11.5 Å². The van der Waals surface area contributed by atoms with E-state index in [4.69, 9.17) is 19.9 Å². The summed E-state index contributed by atoms with van der Waals surface area (Å²) in [6, 6.07) is 5.31. The third-order valence-electron chi connectivity index (χ3n) is 5.32. The molecule has 0 bridgehead atoms. The van der Waals surface area contributed by atoms with Crippen LogP contribution < -0.4 is 20.5 Å². The molecule has 2 heterocycles. The van der Waals surface area contributed by atoms with Crippen molar-refractivity contribution < 1.29 is 27.4 Å². The number of halogens is 3. The second kappa shape index (κ2) is 9.49. The number of nitrogen functional groups attached to an aromatic ring is 1. The van der Waals surface area contributed by atoms with Gasteiger partial charge in [0.1, 0.15) is 29.8 Å². The maximum Gasteiger partial charge on any atom is 0.433 e. The number of pyridine rings is 1. The van der Waals surface area contributed by atoms with E-state index in [0.29, 0.717) is 58.9 Å². The molecule has 1 fully saturated rings. The number of rotatable bonds is 9. The van der Waals surface area contributed by atoms with Crippen LogP contribution in [0, 0.1) is 6.92 Å². The first kappa shape index (κ1) is 23.8. The van der Waals surface area contributed by atoms with Crippen molar-refractivity contribution in [1.82, 2.24) is 15.0 Å². The Morgan fingerprint density at radius 1 is 1.09 bits per heavy atom. The minimum Gasteiger partial charge on any atom is -0.493 e. The van der Waals surface area contributed by atoms with Gasteiger partial charge in [-0.05, 0) is 50.5 Å². The lowest BCUT2D eigenvalue weighted by molar-refractivity contribution is -0.141. The lowest BCUT2D eigenvalue weighted by atomic mass is 10.1. The van der Waals surface area contributed by atoms with Gasteiger partial charge >= 0.3 is 6.18 Å². The molecule has 11 heteroatoms. The first-order valence-corrected chi connectivity index (χ1v) is 10.9. The van der Waals surface area contributed by atoms with E-state index in [0.717, 1.165) is 18.9 Å². The minimum absolute atomic E-state index is 0.212. The molecule has 8 nitrogen and oxygen atoms in total. The van der Waals surface area contributed by atoms with Crippen LogP contribution in [0.5, 0.6) is 11.5 Å². The van der Waals surface area contributed by atoms with Gasteiger partial charge in [0, 0.05) is 11.5 Å². The predicted molar refractivity (Wildman–Crippen MR) is 121 cm³/mol. The summed E-state index contributed by atoms with van der Waals surface area (Å²) in [5, 5.41) is 3.81. The molecule has 3 aromatic rings. The summed E-state index contributed by atoms with van der Waals surface area (Å²) in [4.78, 5) is 12.3. The standard InChI is InChI=1S/C23H26F3N5O3/c1-12(14-8-20(23(24,25)26)31-21(27)9-14)28-22-16-10-19(34-7-6-33-15-4-5-15)18(32-3)11-17(16)29-13(2)30-22/h8-12,15H,4-7H2,1-3H3,(H2,27,31)(H,28,29,30). The Labute approximate surface area is 194 Å². The number of nitrogens with zero attached hydrogens (tertiary/aromatic N) is 3. The molecule has 3 N–H and O–H groups in total. The van der Waals surface area contributed by atoms with Gasteiger partial charge in [0.05, 0.1) is 31.4 Å². The molecule has 1 aliphatic rings. The zero-order valence-electron chi connectivity index (χ0n) is 19.1. The van der Waals surface area contributed by atoms with E-state index in [-0.39, 0.29) is 5.82 Å². The number of hydrogen-bond donors (Lipinski definition) is 2. The number of benzene rings is 1. The monoisotopic (exact) mass is 477 g/mol. The maximum atomic E-state index is 13.2. The van der Waals surface area contributed by atoms with E-state index >= 15 is 0 Å². The number of methoxy groups -OCH3 is 1. The zero-order valence-corrected chi connectivity index (χ0v) is 19.1. The van der Waals surface area contributed by atoms with E-state index in [9.17, 15) is 13.2 Å². The molecule has 182 valence electrons. The van der Waals surface area contributed by atoms with E-state index < -0.39 is 17.9 Å². The smallest absolute Gasteiger partial charge is 0.433 e. The van der Waals surface area contributed by atoms with Crippen LogP contribution in [0.1, 0.15) is 42.9 Å². The largest absolute Gasteiger partial charge is 0.493 e. The van der Waals surface area contributed by atoms with Gasteiger partial charge in [-0.25, -0.2) is 15.0 Å². The number of aromatic nitrogens is 3. The number of hydrogen-bond acceptors (Lipinski definition) is 8. The molecule has 0 aliphatic heterocycles. The van der Waals surface area contributed by atoms with Crippen LogP contribution in [0.15, 0.2) is 24.3 Å². The van der Waals surface area contributed by atoms with Crippen LogP contribution >= 0.6 is 0 Å². The SMILES string of the molecule is COc1cc2nc(C)nc(NC(C)c3cc(N)nc(C(F)(F)F)c3)c2cc1OCCOC1CC1. The Morgan fingerprint density at radius 2 is 1.85 bits per heavy atom. The number of ether oxygens (including phenoxy) is 3. The van der Waals surface area contributed by atoms with E-state index in [1.165, 1.54) is 13.2 Å². The van der Waals surface area contributed by atoms with E-state index in [1.54, 1.807) is 26.0 Å². The molecule has 1 aromatic carbocycles. The van der Waals surface area contributed by atoms with Gasteiger partial charge in [-0.2, -0.15) is 13.2 Å². The molecule has 1 saturated carbocycles. The Balaban J connectivity index is 1.63. The Bertz CT molecular complexity index is 1180. The van der Waals surface area contributed by atoms with Crippen molar-refractivity contribution in [2.75, 3.05) is 31.4 Å². The van der Waals surface area contributed by atoms with Gasteiger partial charge in [0.2, 0.25) is 0 Å². The number of nitrogens with one attached hydrogen (secondary N) is 1. The fraction of sp³-hybridized carbons (Fsp3) is 0.435.